The van der Waals surface area contributed by atoms with Crippen molar-refractivity contribution in [2.45, 2.75) is 6.92 Å². The lowest BCUT2D eigenvalue weighted by atomic mass is 10.1. The number of nitrogens with one attached hydrogen (secondary N) is 1. The Morgan fingerprint density at radius 3 is 2.35 bits per heavy atom. The van der Waals surface area contributed by atoms with E-state index in [4.69, 9.17) is 34.8 Å². The molecule has 2 aromatic carbocycles. The molecular weight excluding hydrogens is 324 g/mol. The van der Waals surface area contributed by atoms with Gasteiger partial charge in [-0.25, -0.2) is 4.39 Å². The van der Waals surface area contributed by atoms with Gasteiger partial charge in [0.25, 0.3) is 5.91 Å². The maximum Gasteiger partial charge on any atom is 0.255 e. The van der Waals surface area contributed by atoms with Gasteiger partial charge in [0.1, 0.15) is 5.82 Å². The minimum Gasteiger partial charge on any atom is -0.321 e. The summed E-state index contributed by atoms with van der Waals surface area (Å²) in [6, 6.07) is 6.98. The quantitative estimate of drug-likeness (QED) is 0.738. The number of carbonyl (C=O) groups excluding carboxylic acids is 1. The summed E-state index contributed by atoms with van der Waals surface area (Å²) < 4.78 is 13.2. The van der Waals surface area contributed by atoms with Crippen molar-refractivity contribution in [3.05, 3.63) is 62.3 Å². The third kappa shape index (κ3) is 3.23. The Morgan fingerprint density at radius 1 is 1.05 bits per heavy atom. The standard InChI is InChI=1S/C14H9Cl3FNO/c1-7-4-8(2-3-12(7)18)14(20)19-13-6-10(16)9(15)5-11(13)17/h2-6H,1H3,(H,19,20). The number of aryl methyl sites for hydroxylation is 1. The van der Waals surface area contributed by atoms with Crippen molar-refractivity contribution < 1.29 is 9.18 Å². The van der Waals surface area contributed by atoms with E-state index in [-0.39, 0.29) is 15.9 Å². The molecule has 0 heterocycles. The maximum atomic E-state index is 13.2. The third-order valence-electron chi connectivity index (χ3n) is 2.68. The van der Waals surface area contributed by atoms with Crippen LogP contribution in [0.4, 0.5) is 10.1 Å². The van der Waals surface area contributed by atoms with E-state index in [0.717, 1.165) is 0 Å². The molecule has 0 unspecified atom stereocenters. The Bertz CT molecular complexity index is 688. The Balaban J connectivity index is 2.27. The van der Waals surface area contributed by atoms with Crippen LogP contribution in [-0.2, 0) is 0 Å². The molecule has 0 fully saturated rings. The Morgan fingerprint density at radius 2 is 1.70 bits per heavy atom. The first-order valence-corrected chi connectivity index (χ1v) is 6.74. The van der Waals surface area contributed by atoms with Crippen LogP contribution < -0.4 is 5.32 Å². The van der Waals surface area contributed by atoms with Crippen LogP contribution in [0.5, 0.6) is 0 Å². The highest BCUT2D eigenvalue weighted by atomic mass is 35.5. The van der Waals surface area contributed by atoms with Gasteiger partial charge in [0.05, 0.1) is 20.8 Å². The lowest BCUT2D eigenvalue weighted by Crippen LogP contribution is -2.12. The van der Waals surface area contributed by atoms with Crippen molar-refractivity contribution in [3.63, 3.8) is 0 Å². The molecule has 0 aliphatic heterocycles. The van der Waals surface area contributed by atoms with Crippen molar-refractivity contribution >= 4 is 46.4 Å². The van der Waals surface area contributed by atoms with E-state index in [1.807, 2.05) is 0 Å². The molecule has 2 nitrogen and oxygen atoms in total. The van der Waals surface area contributed by atoms with E-state index in [1.54, 1.807) is 6.92 Å². The highest BCUT2D eigenvalue weighted by Crippen LogP contribution is 2.32. The van der Waals surface area contributed by atoms with Crippen LogP contribution in [0.2, 0.25) is 15.1 Å². The molecule has 2 aromatic rings. The number of hydrogen-bond donors (Lipinski definition) is 1. The first-order chi connectivity index (χ1) is 9.38. The van der Waals surface area contributed by atoms with Crippen LogP contribution in [0.15, 0.2) is 30.3 Å². The molecule has 0 aromatic heterocycles. The molecule has 1 amide bonds. The number of hydrogen-bond acceptors (Lipinski definition) is 1. The summed E-state index contributed by atoms with van der Waals surface area (Å²) in [6.07, 6.45) is 0. The fourth-order valence-corrected chi connectivity index (χ4v) is 2.19. The summed E-state index contributed by atoms with van der Waals surface area (Å²) >= 11 is 17.6. The van der Waals surface area contributed by atoms with E-state index < -0.39 is 5.91 Å². The Labute approximate surface area is 130 Å². The number of amides is 1. The van der Waals surface area contributed by atoms with Crippen molar-refractivity contribution in [3.8, 4) is 0 Å². The summed E-state index contributed by atoms with van der Waals surface area (Å²) in [6.45, 7) is 1.58. The van der Waals surface area contributed by atoms with Gasteiger partial charge in [0, 0.05) is 5.56 Å². The van der Waals surface area contributed by atoms with Gasteiger partial charge in [-0.15, -0.1) is 0 Å². The zero-order valence-electron chi connectivity index (χ0n) is 10.3. The van der Waals surface area contributed by atoms with Gasteiger partial charge < -0.3 is 5.32 Å². The zero-order valence-corrected chi connectivity index (χ0v) is 12.6. The highest BCUT2D eigenvalue weighted by Gasteiger charge is 2.12. The van der Waals surface area contributed by atoms with Crippen LogP contribution in [0.1, 0.15) is 15.9 Å². The molecular formula is C14H9Cl3FNO. The van der Waals surface area contributed by atoms with E-state index >= 15 is 0 Å². The van der Waals surface area contributed by atoms with Gasteiger partial charge in [0.15, 0.2) is 0 Å². The molecule has 0 aliphatic rings. The molecule has 20 heavy (non-hydrogen) atoms. The molecule has 1 N–H and O–H groups in total. The largest absolute Gasteiger partial charge is 0.321 e. The lowest BCUT2D eigenvalue weighted by molar-refractivity contribution is 0.102. The second-order valence-corrected chi connectivity index (χ2v) is 5.39. The molecule has 6 heteroatoms. The highest BCUT2D eigenvalue weighted by molar-refractivity contribution is 6.44. The van der Waals surface area contributed by atoms with Crippen LogP contribution in [0, 0.1) is 12.7 Å². The number of carbonyl (C=O) groups is 1. The third-order valence-corrected chi connectivity index (χ3v) is 3.71. The first kappa shape index (κ1) is 15.1. The van der Waals surface area contributed by atoms with Crippen molar-refractivity contribution in [2.24, 2.45) is 0 Å². The smallest absolute Gasteiger partial charge is 0.255 e. The number of anilines is 1. The summed E-state index contributed by atoms with van der Waals surface area (Å²) in [7, 11) is 0. The predicted molar refractivity (Wildman–Crippen MR) is 80.6 cm³/mol. The number of rotatable bonds is 2. The van der Waals surface area contributed by atoms with Crippen molar-refractivity contribution in [2.75, 3.05) is 5.32 Å². The topological polar surface area (TPSA) is 29.1 Å². The molecule has 0 saturated heterocycles. The fraction of sp³-hybridized carbons (Fsp3) is 0.0714. The molecule has 0 saturated carbocycles. The molecule has 0 bridgehead atoms. The number of benzene rings is 2. The summed E-state index contributed by atoms with van der Waals surface area (Å²) in [4.78, 5) is 12.1. The van der Waals surface area contributed by atoms with Crippen LogP contribution in [0.25, 0.3) is 0 Å². The maximum absolute atomic E-state index is 13.2. The van der Waals surface area contributed by atoms with E-state index in [2.05, 4.69) is 5.32 Å². The van der Waals surface area contributed by atoms with Crippen LogP contribution >= 0.6 is 34.8 Å². The van der Waals surface area contributed by atoms with Crippen molar-refractivity contribution in [1.29, 1.82) is 0 Å². The van der Waals surface area contributed by atoms with E-state index in [1.165, 1.54) is 30.3 Å². The summed E-state index contributed by atoms with van der Waals surface area (Å²) in [5, 5.41) is 3.45. The van der Waals surface area contributed by atoms with Gasteiger partial charge >= 0.3 is 0 Å². The molecule has 2 rings (SSSR count). The van der Waals surface area contributed by atoms with Gasteiger partial charge in [-0.05, 0) is 42.8 Å². The second kappa shape index (κ2) is 6.00. The summed E-state index contributed by atoms with van der Waals surface area (Å²) in [5.41, 5.74) is 1.05. The first-order valence-electron chi connectivity index (χ1n) is 5.60. The molecule has 0 radical (unpaired) electrons. The molecule has 0 aliphatic carbocycles. The Kier molecular flexibility index (Phi) is 4.53. The van der Waals surface area contributed by atoms with Gasteiger partial charge in [-0.2, -0.15) is 0 Å². The number of halogens is 4. The molecule has 104 valence electrons. The van der Waals surface area contributed by atoms with Gasteiger partial charge in [0.2, 0.25) is 0 Å². The Hall–Kier alpha value is -1.29. The normalized spacial score (nSPS) is 10.4. The monoisotopic (exact) mass is 331 g/mol. The molecule has 0 spiro atoms. The average molecular weight is 333 g/mol. The zero-order chi connectivity index (χ0) is 14.9. The average Bonchev–Trinajstić information content (AvgIpc) is 2.39. The lowest BCUT2D eigenvalue weighted by Gasteiger charge is -2.09. The van der Waals surface area contributed by atoms with Gasteiger partial charge in [-0.1, -0.05) is 34.8 Å². The molecule has 0 atom stereocenters. The van der Waals surface area contributed by atoms with Crippen LogP contribution in [0.3, 0.4) is 0 Å². The SMILES string of the molecule is Cc1cc(C(=O)Nc2cc(Cl)c(Cl)cc2Cl)ccc1F. The van der Waals surface area contributed by atoms with Gasteiger partial charge in [-0.3, -0.25) is 4.79 Å². The minimum absolute atomic E-state index is 0.270. The van der Waals surface area contributed by atoms with E-state index in [9.17, 15) is 9.18 Å². The second-order valence-electron chi connectivity index (χ2n) is 4.16. The summed E-state index contributed by atoms with van der Waals surface area (Å²) in [5.74, 6) is -0.775. The fourth-order valence-electron chi connectivity index (χ4n) is 1.60. The van der Waals surface area contributed by atoms with Crippen molar-refractivity contribution in [1.82, 2.24) is 0 Å². The minimum atomic E-state index is -0.409. The van der Waals surface area contributed by atoms with E-state index in [0.29, 0.717) is 21.8 Å². The van der Waals surface area contributed by atoms with Crippen LogP contribution in [-0.4, -0.2) is 5.91 Å². The predicted octanol–water partition coefficient (Wildman–Crippen LogP) is 5.35.